The van der Waals surface area contributed by atoms with Crippen LogP contribution in [-0.4, -0.2) is 11.3 Å². The van der Waals surface area contributed by atoms with Crippen LogP contribution in [0.1, 0.15) is 59.3 Å². The first-order valence-corrected chi connectivity index (χ1v) is 5.12. The predicted octanol–water partition coefficient (Wildman–Crippen LogP) is 2.65. The number of aliphatic hydroxyl groups is 1. The van der Waals surface area contributed by atoms with E-state index in [1.165, 1.54) is 25.7 Å². The van der Waals surface area contributed by atoms with E-state index < -0.39 is 6.23 Å². The van der Waals surface area contributed by atoms with E-state index in [2.05, 4.69) is 20.8 Å². The van der Waals surface area contributed by atoms with Crippen molar-refractivity contribution in [2.24, 2.45) is 5.73 Å². The van der Waals surface area contributed by atoms with Crippen LogP contribution in [-0.2, 0) is 0 Å². The van der Waals surface area contributed by atoms with E-state index in [0.717, 1.165) is 12.8 Å². The average molecular weight is 175 g/mol. The third-order valence-corrected chi connectivity index (χ3v) is 1.60. The van der Waals surface area contributed by atoms with Crippen molar-refractivity contribution in [1.82, 2.24) is 0 Å². The van der Waals surface area contributed by atoms with Gasteiger partial charge < -0.3 is 10.8 Å². The minimum Gasteiger partial charge on any atom is -0.379 e. The van der Waals surface area contributed by atoms with Crippen molar-refractivity contribution in [3.63, 3.8) is 0 Å². The molecular weight excluding hydrogens is 150 g/mol. The lowest BCUT2D eigenvalue weighted by atomic mass is 10.2. The standard InChI is InChI=1S/C6H15NO.C4H10/c1-2-3-4-5-6(7)8;1-3-4-2/h6,8H,2-5,7H2,1H3;3-4H2,1-2H3. The van der Waals surface area contributed by atoms with Crippen LogP contribution in [0.5, 0.6) is 0 Å². The summed E-state index contributed by atoms with van der Waals surface area (Å²) in [5, 5.41) is 8.56. The molecular formula is C10H25NO. The molecule has 0 aliphatic heterocycles. The third kappa shape index (κ3) is 22.5. The first-order chi connectivity index (χ1) is 5.68. The fourth-order valence-corrected chi connectivity index (χ4v) is 0.603. The van der Waals surface area contributed by atoms with Crippen LogP contribution in [0.3, 0.4) is 0 Å². The molecule has 0 amide bonds. The minimum atomic E-state index is -0.596. The highest BCUT2D eigenvalue weighted by atomic mass is 16.3. The fourth-order valence-electron chi connectivity index (χ4n) is 0.603. The minimum absolute atomic E-state index is 0.596. The normalized spacial score (nSPS) is 11.8. The summed E-state index contributed by atoms with van der Waals surface area (Å²) in [5.74, 6) is 0. The smallest absolute Gasteiger partial charge is 0.102 e. The molecule has 0 aromatic carbocycles. The second kappa shape index (κ2) is 13.5. The zero-order chi connectivity index (χ0) is 9.82. The number of unbranched alkanes of at least 4 members (excludes halogenated alkanes) is 3. The molecule has 1 atom stereocenters. The lowest BCUT2D eigenvalue weighted by molar-refractivity contribution is 0.168. The predicted molar refractivity (Wildman–Crippen MR) is 54.9 cm³/mol. The first kappa shape index (κ1) is 14.4. The van der Waals surface area contributed by atoms with Gasteiger partial charge in [-0.1, -0.05) is 46.5 Å². The highest BCUT2D eigenvalue weighted by molar-refractivity contribution is 4.44. The Labute approximate surface area is 77.2 Å². The fraction of sp³-hybridized carbons (Fsp3) is 1.00. The van der Waals surface area contributed by atoms with E-state index >= 15 is 0 Å². The summed E-state index contributed by atoms with van der Waals surface area (Å²) in [7, 11) is 0. The maximum atomic E-state index is 8.56. The summed E-state index contributed by atoms with van der Waals surface area (Å²) < 4.78 is 0. The Kier molecular flexibility index (Phi) is 16.3. The lowest BCUT2D eigenvalue weighted by Gasteiger charge is -2.00. The van der Waals surface area contributed by atoms with E-state index in [1.807, 2.05) is 0 Å². The molecule has 0 spiro atoms. The molecule has 3 N–H and O–H groups in total. The zero-order valence-electron chi connectivity index (χ0n) is 8.84. The molecule has 0 aromatic heterocycles. The zero-order valence-corrected chi connectivity index (χ0v) is 8.84. The van der Waals surface area contributed by atoms with Crippen molar-refractivity contribution in [2.75, 3.05) is 0 Å². The first-order valence-electron chi connectivity index (χ1n) is 5.12. The number of aliphatic hydroxyl groups excluding tert-OH is 1. The van der Waals surface area contributed by atoms with Crippen molar-refractivity contribution in [2.45, 2.75) is 65.5 Å². The van der Waals surface area contributed by atoms with Gasteiger partial charge in [0.05, 0.1) is 0 Å². The summed E-state index contributed by atoms with van der Waals surface area (Å²) in [6, 6.07) is 0. The van der Waals surface area contributed by atoms with Crippen LogP contribution in [0, 0.1) is 0 Å². The molecule has 0 saturated carbocycles. The molecule has 0 bridgehead atoms. The highest BCUT2D eigenvalue weighted by Gasteiger charge is 1.92. The van der Waals surface area contributed by atoms with Gasteiger partial charge in [-0.2, -0.15) is 0 Å². The largest absolute Gasteiger partial charge is 0.379 e. The summed E-state index contributed by atoms with van der Waals surface area (Å²) in [6.45, 7) is 6.49. The van der Waals surface area contributed by atoms with Gasteiger partial charge in [0, 0.05) is 0 Å². The molecule has 0 aliphatic carbocycles. The third-order valence-electron chi connectivity index (χ3n) is 1.60. The summed E-state index contributed by atoms with van der Waals surface area (Å²) in [4.78, 5) is 0. The molecule has 0 rings (SSSR count). The maximum absolute atomic E-state index is 8.56. The lowest BCUT2D eigenvalue weighted by Crippen LogP contribution is -2.17. The van der Waals surface area contributed by atoms with Crippen molar-refractivity contribution in [1.29, 1.82) is 0 Å². The van der Waals surface area contributed by atoms with Crippen LogP contribution in [0.15, 0.2) is 0 Å². The van der Waals surface area contributed by atoms with Crippen LogP contribution < -0.4 is 5.73 Å². The topological polar surface area (TPSA) is 46.2 Å². The van der Waals surface area contributed by atoms with Crippen molar-refractivity contribution in [3.8, 4) is 0 Å². The molecule has 0 fully saturated rings. The second-order valence-corrected chi connectivity index (χ2v) is 3.06. The Morgan fingerprint density at radius 2 is 1.50 bits per heavy atom. The Morgan fingerprint density at radius 1 is 1.00 bits per heavy atom. The number of hydrogen-bond donors (Lipinski definition) is 2. The molecule has 2 heteroatoms. The van der Waals surface area contributed by atoms with Gasteiger partial charge in [0.25, 0.3) is 0 Å². The molecule has 0 saturated heterocycles. The Bertz CT molecular complexity index is 62.9. The summed E-state index contributed by atoms with van der Waals surface area (Å²) in [6.07, 6.45) is 6.20. The van der Waals surface area contributed by atoms with Crippen molar-refractivity contribution >= 4 is 0 Å². The van der Waals surface area contributed by atoms with Gasteiger partial charge in [0.15, 0.2) is 0 Å². The van der Waals surface area contributed by atoms with Crippen LogP contribution in [0.4, 0.5) is 0 Å². The van der Waals surface area contributed by atoms with Gasteiger partial charge in [-0.15, -0.1) is 0 Å². The van der Waals surface area contributed by atoms with Gasteiger partial charge >= 0.3 is 0 Å². The molecule has 0 radical (unpaired) electrons. The molecule has 0 aliphatic rings. The monoisotopic (exact) mass is 175 g/mol. The SMILES string of the molecule is CCCC.CCCCCC(N)O. The molecule has 0 heterocycles. The molecule has 12 heavy (non-hydrogen) atoms. The van der Waals surface area contributed by atoms with E-state index in [9.17, 15) is 0 Å². The summed E-state index contributed by atoms with van der Waals surface area (Å²) >= 11 is 0. The average Bonchev–Trinajstić information content (AvgIpc) is 2.05. The molecule has 2 nitrogen and oxygen atoms in total. The number of rotatable bonds is 5. The van der Waals surface area contributed by atoms with Gasteiger partial charge in [0.2, 0.25) is 0 Å². The van der Waals surface area contributed by atoms with Gasteiger partial charge in [-0.05, 0) is 12.8 Å². The highest BCUT2D eigenvalue weighted by Crippen LogP contribution is 1.98. The van der Waals surface area contributed by atoms with E-state index in [0.29, 0.717) is 0 Å². The molecule has 0 aromatic rings. The second-order valence-electron chi connectivity index (χ2n) is 3.06. The van der Waals surface area contributed by atoms with Gasteiger partial charge in [-0.3, -0.25) is 0 Å². The number of nitrogens with two attached hydrogens (primary N) is 1. The van der Waals surface area contributed by atoms with Gasteiger partial charge in [-0.25, -0.2) is 0 Å². The summed E-state index contributed by atoms with van der Waals surface area (Å²) in [5.41, 5.74) is 5.09. The number of hydrogen-bond acceptors (Lipinski definition) is 2. The van der Waals surface area contributed by atoms with Crippen LogP contribution in [0.25, 0.3) is 0 Å². The maximum Gasteiger partial charge on any atom is 0.102 e. The van der Waals surface area contributed by atoms with E-state index in [-0.39, 0.29) is 0 Å². The van der Waals surface area contributed by atoms with Crippen molar-refractivity contribution in [3.05, 3.63) is 0 Å². The van der Waals surface area contributed by atoms with E-state index in [4.69, 9.17) is 10.8 Å². The molecule has 76 valence electrons. The quantitative estimate of drug-likeness (QED) is 0.498. The van der Waals surface area contributed by atoms with Crippen LogP contribution >= 0.6 is 0 Å². The Balaban J connectivity index is 0. The Morgan fingerprint density at radius 3 is 1.75 bits per heavy atom. The van der Waals surface area contributed by atoms with Crippen molar-refractivity contribution < 1.29 is 5.11 Å². The van der Waals surface area contributed by atoms with Gasteiger partial charge in [0.1, 0.15) is 6.23 Å². The Hall–Kier alpha value is -0.0800. The van der Waals surface area contributed by atoms with Crippen LogP contribution in [0.2, 0.25) is 0 Å². The molecule has 1 unspecified atom stereocenters. The van der Waals surface area contributed by atoms with E-state index in [1.54, 1.807) is 0 Å².